The van der Waals surface area contributed by atoms with Crippen molar-refractivity contribution < 1.29 is 17.6 Å². The number of allylic oxidation sites excluding steroid dienone is 1. The number of nitrogens with one attached hydrogen (secondary N) is 2. The van der Waals surface area contributed by atoms with E-state index >= 15 is 0 Å². The molecule has 1 aliphatic carbocycles. The molecule has 1 aromatic rings. The Labute approximate surface area is 152 Å². The topological polar surface area (TPSA) is 75.3 Å². The van der Waals surface area contributed by atoms with Crippen molar-refractivity contribution in [2.45, 2.75) is 42.6 Å². The van der Waals surface area contributed by atoms with Crippen LogP contribution in [0.2, 0.25) is 0 Å². The zero-order valence-electron chi connectivity index (χ0n) is 14.0. The monoisotopic (exact) mass is 388 g/mol. The number of sulfonamides is 1. The number of hydrogen-bond donors (Lipinski definition) is 2. The van der Waals surface area contributed by atoms with Gasteiger partial charge in [0.15, 0.2) is 5.13 Å². The number of carbonyl (C=O) groups excluding carboxylic acids is 1. The van der Waals surface area contributed by atoms with Gasteiger partial charge in [-0.3, -0.25) is 4.79 Å². The SMILES string of the molecule is CCNS(=O)(=O)c1ccc(NC(=O)/C=C/CCCC2CC2(F)Cl)cc1. The van der Waals surface area contributed by atoms with Gasteiger partial charge in [0, 0.05) is 24.6 Å². The van der Waals surface area contributed by atoms with Crippen molar-refractivity contribution in [3.63, 3.8) is 0 Å². The fourth-order valence-electron chi connectivity index (χ4n) is 2.43. The molecule has 0 saturated heterocycles. The van der Waals surface area contributed by atoms with Gasteiger partial charge in [0.1, 0.15) is 0 Å². The minimum Gasteiger partial charge on any atom is -0.323 e. The van der Waals surface area contributed by atoms with E-state index in [9.17, 15) is 17.6 Å². The van der Waals surface area contributed by atoms with Gasteiger partial charge in [-0.15, -0.1) is 0 Å². The van der Waals surface area contributed by atoms with Gasteiger partial charge in [0.2, 0.25) is 15.9 Å². The van der Waals surface area contributed by atoms with Crippen molar-refractivity contribution in [1.29, 1.82) is 0 Å². The molecule has 0 heterocycles. The number of unbranched alkanes of at least 4 members (excludes halogenated alkanes) is 1. The molecule has 2 atom stereocenters. The van der Waals surface area contributed by atoms with Crippen LogP contribution in [-0.4, -0.2) is 26.0 Å². The molecule has 1 fully saturated rings. The third-order valence-electron chi connectivity index (χ3n) is 3.91. The molecule has 1 aromatic carbocycles. The van der Waals surface area contributed by atoms with Crippen LogP contribution >= 0.6 is 11.6 Å². The summed E-state index contributed by atoms with van der Waals surface area (Å²) in [6.45, 7) is 2.01. The van der Waals surface area contributed by atoms with E-state index in [1.54, 1.807) is 13.0 Å². The van der Waals surface area contributed by atoms with E-state index < -0.39 is 15.2 Å². The lowest BCUT2D eigenvalue weighted by Gasteiger charge is -2.06. The van der Waals surface area contributed by atoms with Crippen LogP contribution in [0.1, 0.15) is 32.6 Å². The van der Waals surface area contributed by atoms with Gasteiger partial charge in [-0.05, 0) is 49.6 Å². The maximum absolute atomic E-state index is 13.1. The molecule has 1 saturated carbocycles. The fourth-order valence-corrected chi connectivity index (χ4v) is 3.77. The van der Waals surface area contributed by atoms with E-state index in [1.807, 2.05) is 0 Å². The highest BCUT2D eigenvalue weighted by Gasteiger charge is 2.53. The van der Waals surface area contributed by atoms with Gasteiger partial charge in [-0.2, -0.15) is 0 Å². The molecular formula is C17H22ClFN2O3S. The highest BCUT2D eigenvalue weighted by Crippen LogP contribution is 2.53. The Kier molecular flexibility index (Phi) is 6.59. The first-order valence-corrected chi connectivity index (χ1v) is 10.1. The summed E-state index contributed by atoms with van der Waals surface area (Å²) in [5.41, 5.74) is 0.507. The third kappa shape index (κ3) is 6.09. The molecule has 2 rings (SSSR count). The average molecular weight is 389 g/mol. The number of rotatable bonds is 9. The van der Waals surface area contributed by atoms with Crippen molar-refractivity contribution in [2.24, 2.45) is 5.92 Å². The number of carbonyl (C=O) groups is 1. The lowest BCUT2D eigenvalue weighted by molar-refractivity contribution is -0.111. The van der Waals surface area contributed by atoms with Crippen LogP contribution in [0.3, 0.4) is 0 Å². The van der Waals surface area contributed by atoms with E-state index in [1.165, 1.54) is 30.3 Å². The van der Waals surface area contributed by atoms with Crippen LogP contribution in [0, 0.1) is 5.92 Å². The zero-order chi connectivity index (χ0) is 18.5. The number of anilines is 1. The molecule has 0 aromatic heterocycles. The van der Waals surface area contributed by atoms with Gasteiger partial charge in [0.25, 0.3) is 0 Å². The van der Waals surface area contributed by atoms with Crippen molar-refractivity contribution in [3.05, 3.63) is 36.4 Å². The summed E-state index contributed by atoms with van der Waals surface area (Å²) in [4.78, 5) is 11.9. The number of alkyl halides is 2. The second kappa shape index (κ2) is 8.29. The van der Waals surface area contributed by atoms with Crippen LogP contribution in [0.5, 0.6) is 0 Å². The third-order valence-corrected chi connectivity index (χ3v) is 5.94. The van der Waals surface area contributed by atoms with Gasteiger partial charge in [-0.25, -0.2) is 17.5 Å². The van der Waals surface area contributed by atoms with Gasteiger partial charge >= 0.3 is 0 Å². The highest BCUT2D eigenvalue weighted by molar-refractivity contribution is 7.89. The predicted octanol–water partition coefficient (Wildman–Crippen LogP) is 3.57. The zero-order valence-corrected chi connectivity index (χ0v) is 15.5. The summed E-state index contributed by atoms with van der Waals surface area (Å²) < 4.78 is 39.2. The molecular weight excluding hydrogens is 367 g/mol. The van der Waals surface area contributed by atoms with E-state index in [0.717, 1.165) is 6.42 Å². The first-order valence-electron chi connectivity index (χ1n) is 8.19. The van der Waals surface area contributed by atoms with Crippen molar-refractivity contribution in [3.8, 4) is 0 Å². The summed E-state index contributed by atoms with van der Waals surface area (Å²) in [5.74, 6) is -0.362. The van der Waals surface area contributed by atoms with E-state index in [0.29, 0.717) is 31.5 Å². The van der Waals surface area contributed by atoms with Crippen LogP contribution in [0.4, 0.5) is 10.1 Å². The van der Waals surface area contributed by atoms with Crippen molar-refractivity contribution >= 4 is 33.2 Å². The Morgan fingerprint density at radius 2 is 2.04 bits per heavy atom. The summed E-state index contributed by atoms with van der Waals surface area (Å²) in [6.07, 6.45) is 5.74. The molecule has 0 bridgehead atoms. The maximum atomic E-state index is 13.1. The summed E-state index contributed by atoms with van der Waals surface area (Å²) in [7, 11) is -3.50. The molecule has 8 heteroatoms. The number of amides is 1. The smallest absolute Gasteiger partial charge is 0.248 e. The Morgan fingerprint density at radius 1 is 1.40 bits per heavy atom. The van der Waals surface area contributed by atoms with Gasteiger partial charge in [0.05, 0.1) is 4.90 Å². The van der Waals surface area contributed by atoms with Gasteiger partial charge in [-0.1, -0.05) is 24.6 Å². The van der Waals surface area contributed by atoms with E-state index in [4.69, 9.17) is 11.6 Å². The first-order chi connectivity index (χ1) is 11.7. The number of benzene rings is 1. The normalized spacial score (nSPS) is 22.9. The molecule has 25 heavy (non-hydrogen) atoms. The standard InChI is InChI=1S/C17H22ClFN2O3S/c1-2-20-25(23,24)15-10-8-14(9-11-15)21-16(22)7-5-3-4-6-13-12-17(13,18)19/h5,7-11,13,20H,2-4,6,12H2,1H3,(H,21,22)/b7-5+. The van der Waals surface area contributed by atoms with Gasteiger partial charge < -0.3 is 5.32 Å². The largest absolute Gasteiger partial charge is 0.323 e. The number of halogens is 2. The van der Waals surface area contributed by atoms with Crippen LogP contribution in [-0.2, 0) is 14.8 Å². The average Bonchev–Trinajstić information content (AvgIpc) is 3.14. The quantitative estimate of drug-likeness (QED) is 0.385. The number of hydrogen-bond acceptors (Lipinski definition) is 3. The summed E-state index contributed by atoms with van der Waals surface area (Å²) in [5, 5.41) is 1.15. The van der Waals surface area contributed by atoms with Crippen molar-refractivity contribution in [1.82, 2.24) is 4.72 Å². The highest BCUT2D eigenvalue weighted by atomic mass is 35.5. The predicted molar refractivity (Wildman–Crippen MR) is 96.7 cm³/mol. The Hall–Kier alpha value is -1.44. The molecule has 138 valence electrons. The molecule has 2 unspecified atom stereocenters. The Morgan fingerprint density at radius 3 is 2.60 bits per heavy atom. The summed E-state index contributed by atoms with van der Waals surface area (Å²) in [6, 6.07) is 5.93. The molecule has 0 spiro atoms. The Bertz CT molecular complexity index is 733. The van der Waals surface area contributed by atoms with Crippen LogP contribution in [0.15, 0.2) is 41.3 Å². The van der Waals surface area contributed by atoms with Crippen LogP contribution < -0.4 is 10.0 Å². The molecule has 0 radical (unpaired) electrons. The Balaban J connectivity index is 1.75. The molecule has 2 N–H and O–H groups in total. The lowest BCUT2D eigenvalue weighted by atomic mass is 10.1. The summed E-state index contributed by atoms with van der Waals surface area (Å²) >= 11 is 5.53. The first kappa shape index (κ1) is 19.9. The maximum Gasteiger partial charge on any atom is 0.248 e. The second-order valence-electron chi connectivity index (χ2n) is 6.01. The van der Waals surface area contributed by atoms with Crippen LogP contribution in [0.25, 0.3) is 0 Å². The minimum atomic E-state index is -3.50. The second-order valence-corrected chi connectivity index (χ2v) is 8.41. The molecule has 1 amide bonds. The van der Waals surface area contributed by atoms with Crippen molar-refractivity contribution in [2.75, 3.05) is 11.9 Å². The molecule has 5 nitrogen and oxygen atoms in total. The molecule has 0 aliphatic heterocycles. The lowest BCUT2D eigenvalue weighted by Crippen LogP contribution is -2.23. The fraction of sp³-hybridized carbons (Fsp3) is 0.471. The van der Waals surface area contributed by atoms with E-state index in [2.05, 4.69) is 10.0 Å². The van der Waals surface area contributed by atoms with E-state index in [-0.39, 0.29) is 16.7 Å². The minimum absolute atomic E-state index is 0.0617. The molecule has 1 aliphatic rings.